The van der Waals surface area contributed by atoms with Crippen molar-refractivity contribution in [3.8, 4) is 17.0 Å². The molecule has 1 aromatic carbocycles. The minimum absolute atomic E-state index is 0.0430. The van der Waals surface area contributed by atoms with Crippen LogP contribution in [-0.4, -0.2) is 52.1 Å². The molecule has 1 saturated heterocycles. The first-order valence-corrected chi connectivity index (χ1v) is 12.4. The normalized spacial score (nSPS) is 19.9. The second-order valence-electron chi connectivity index (χ2n) is 9.58. The van der Waals surface area contributed by atoms with Gasteiger partial charge in [-0.1, -0.05) is 24.6 Å². The summed E-state index contributed by atoms with van der Waals surface area (Å²) >= 11 is 0. The van der Waals surface area contributed by atoms with Gasteiger partial charge in [0.1, 0.15) is 11.6 Å². The summed E-state index contributed by atoms with van der Waals surface area (Å²) in [6.07, 6.45) is 7.02. The SMILES string of the molecule is COc1cccc(-c2nc(C3CCCN(C(=O)OC4(C(N)=O)CCCCC4)C3)n3ccccc23)c1. The van der Waals surface area contributed by atoms with Crippen molar-refractivity contribution in [2.75, 3.05) is 20.2 Å². The maximum atomic E-state index is 13.2. The van der Waals surface area contributed by atoms with Crippen molar-refractivity contribution >= 4 is 17.5 Å². The molecule has 184 valence electrons. The number of amides is 2. The molecule has 8 nitrogen and oxygen atoms in total. The molecule has 0 spiro atoms. The van der Waals surface area contributed by atoms with E-state index in [2.05, 4.69) is 10.5 Å². The standard InChI is InChI=1S/C27H32N4O4/c1-34-21-11-7-9-19(17-21)23-22-12-3-6-16-31(22)24(29-23)20-10-8-15-30(18-20)26(33)35-27(25(28)32)13-4-2-5-14-27/h3,6-7,9,11-12,16-17,20H,2,4-5,8,10,13-15,18H2,1H3,(H2,28,32). The minimum Gasteiger partial charge on any atom is -0.497 e. The van der Waals surface area contributed by atoms with Gasteiger partial charge in [-0.2, -0.15) is 0 Å². The Kier molecular flexibility index (Phi) is 6.36. The molecule has 3 heterocycles. The highest BCUT2D eigenvalue weighted by atomic mass is 16.6. The van der Waals surface area contributed by atoms with Crippen molar-refractivity contribution < 1.29 is 19.1 Å². The number of pyridine rings is 1. The zero-order chi connectivity index (χ0) is 24.4. The van der Waals surface area contributed by atoms with E-state index in [-0.39, 0.29) is 5.92 Å². The Morgan fingerprint density at radius 1 is 1.09 bits per heavy atom. The van der Waals surface area contributed by atoms with Crippen LogP contribution in [0.4, 0.5) is 4.79 Å². The quantitative estimate of drug-likeness (QED) is 0.584. The minimum atomic E-state index is -1.18. The van der Waals surface area contributed by atoms with Gasteiger partial charge >= 0.3 is 6.09 Å². The molecule has 1 aliphatic heterocycles. The number of hydrogen-bond acceptors (Lipinski definition) is 5. The number of fused-ring (bicyclic) bond motifs is 1. The van der Waals surface area contributed by atoms with E-state index in [1.54, 1.807) is 12.0 Å². The van der Waals surface area contributed by atoms with E-state index in [0.29, 0.717) is 25.9 Å². The lowest BCUT2D eigenvalue weighted by atomic mass is 9.84. The highest BCUT2D eigenvalue weighted by Crippen LogP contribution is 2.35. The molecule has 1 atom stereocenters. The summed E-state index contributed by atoms with van der Waals surface area (Å²) in [5.41, 5.74) is 7.37. The molecule has 1 aliphatic carbocycles. The van der Waals surface area contributed by atoms with E-state index in [0.717, 1.165) is 60.5 Å². The number of carbonyl (C=O) groups is 2. The molecule has 0 bridgehead atoms. The van der Waals surface area contributed by atoms with Crippen LogP contribution in [0.5, 0.6) is 5.75 Å². The van der Waals surface area contributed by atoms with Gasteiger partial charge in [-0.3, -0.25) is 4.79 Å². The van der Waals surface area contributed by atoms with Crippen LogP contribution in [0.25, 0.3) is 16.8 Å². The van der Waals surface area contributed by atoms with E-state index in [1.165, 1.54) is 0 Å². The number of ether oxygens (including phenoxy) is 2. The average molecular weight is 477 g/mol. The lowest BCUT2D eigenvalue weighted by Crippen LogP contribution is -2.52. The van der Waals surface area contributed by atoms with Gasteiger partial charge in [-0.15, -0.1) is 0 Å². The van der Waals surface area contributed by atoms with E-state index >= 15 is 0 Å². The third-order valence-corrected chi connectivity index (χ3v) is 7.36. The largest absolute Gasteiger partial charge is 0.497 e. The van der Waals surface area contributed by atoms with Crippen LogP contribution >= 0.6 is 0 Å². The first-order chi connectivity index (χ1) is 17.0. The highest BCUT2D eigenvalue weighted by Gasteiger charge is 2.43. The van der Waals surface area contributed by atoms with Gasteiger partial charge in [-0.25, -0.2) is 9.78 Å². The van der Waals surface area contributed by atoms with Crippen LogP contribution in [0, 0.1) is 0 Å². The van der Waals surface area contributed by atoms with E-state index in [4.69, 9.17) is 20.2 Å². The van der Waals surface area contributed by atoms with Crippen LogP contribution in [0.1, 0.15) is 56.7 Å². The van der Waals surface area contributed by atoms with Crippen molar-refractivity contribution in [1.82, 2.24) is 14.3 Å². The molecular weight excluding hydrogens is 444 g/mol. The number of likely N-dealkylation sites (tertiary alicyclic amines) is 1. The molecule has 0 radical (unpaired) electrons. The Labute approximate surface area is 205 Å². The van der Waals surface area contributed by atoms with Crippen molar-refractivity contribution in [2.24, 2.45) is 5.73 Å². The fourth-order valence-electron chi connectivity index (χ4n) is 5.44. The van der Waals surface area contributed by atoms with Gasteiger partial charge in [0.05, 0.1) is 18.3 Å². The Balaban J connectivity index is 1.41. The molecule has 2 amide bonds. The molecule has 2 aliphatic rings. The molecule has 3 aromatic rings. The molecule has 2 fully saturated rings. The summed E-state index contributed by atoms with van der Waals surface area (Å²) in [5, 5.41) is 0. The zero-order valence-corrected chi connectivity index (χ0v) is 20.1. The van der Waals surface area contributed by atoms with Crippen LogP contribution in [0.15, 0.2) is 48.7 Å². The van der Waals surface area contributed by atoms with Gasteiger partial charge in [0.15, 0.2) is 5.60 Å². The first-order valence-electron chi connectivity index (χ1n) is 12.4. The van der Waals surface area contributed by atoms with Crippen LogP contribution in [-0.2, 0) is 9.53 Å². The van der Waals surface area contributed by atoms with Gasteiger partial charge in [0.25, 0.3) is 5.91 Å². The maximum absolute atomic E-state index is 13.2. The number of nitrogens with two attached hydrogens (primary N) is 1. The van der Waals surface area contributed by atoms with Gasteiger partial charge in [0, 0.05) is 30.8 Å². The van der Waals surface area contributed by atoms with Crippen molar-refractivity contribution in [2.45, 2.75) is 56.5 Å². The average Bonchev–Trinajstić information content (AvgIpc) is 3.29. The summed E-state index contributed by atoms with van der Waals surface area (Å²) in [4.78, 5) is 32.2. The lowest BCUT2D eigenvalue weighted by molar-refractivity contribution is -0.141. The van der Waals surface area contributed by atoms with Crippen molar-refractivity contribution in [1.29, 1.82) is 0 Å². The number of primary amides is 1. The zero-order valence-electron chi connectivity index (χ0n) is 20.1. The smallest absolute Gasteiger partial charge is 0.410 e. The number of methoxy groups -OCH3 is 1. The van der Waals surface area contributed by atoms with Crippen molar-refractivity contribution in [3.05, 3.63) is 54.5 Å². The Morgan fingerprint density at radius 3 is 2.69 bits per heavy atom. The number of benzene rings is 1. The molecule has 1 saturated carbocycles. The van der Waals surface area contributed by atoms with Crippen LogP contribution in [0.2, 0.25) is 0 Å². The van der Waals surface area contributed by atoms with Crippen molar-refractivity contribution in [3.63, 3.8) is 0 Å². The number of imidazole rings is 1. The molecular formula is C27H32N4O4. The molecule has 5 rings (SSSR count). The predicted octanol–water partition coefficient (Wildman–Crippen LogP) is 4.51. The van der Waals surface area contributed by atoms with Gasteiger partial charge < -0.3 is 24.5 Å². The first kappa shape index (κ1) is 23.2. The number of aromatic nitrogens is 2. The molecule has 35 heavy (non-hydrogen) atoms. The topological polar surface area (TPSA) is 99.2 Å². The van der Waals surface area contributed by atoms with E-state index < -0.39 is 17.6 Å². The number of rotatable bonds is 5. The van der Waals surface area contributed by atoms with E-state index in [9.17, 15) is 9.59 Å². The summed E-state index contributed by atoms with van der Waals surface area (Å²) in [5.74, 6) is 1.19. The molecule has 2 N–H and O–H groups in total. The fraction of sp³-hybridized carbons (Fsp3) is 0.444. The predicted molar refractivity (Wildman–Crippen MR) is 132 cm³/mol. The highest BCUT2D eigenvalue weighted by molar-refractivity contribution is 5.86. The molecule has 1 unspecified atom stereocenters. The summed E-state index contributed by atoms with van der Waals surface area (Å²) in [6, 6.07) is 13.9. The summed E-state index contributed by atoms with van der Waals surface area (Å²) in [7, 11) is 1.65. The summed E-state index contributed by atoms with van der Waals surface area (Å²) in [6.45, 7) is 1.08. The Bertz CT molecular complexity index is 1230. The number of hydrogen-bond donors (Lipinski definition) is 1. The third kappa shape index (κ3) is 4.45. The van der Waals surface area contributed by atoms with Crippen LogP contribution in [0.3, 0.4) is 0 Å². The Hall–Kier alpha value is -3.55. The number of nitrogens with zero attached hydrogens (tertiary/aromatic N) is 3. The van der Waals surface area contributed by atoms with Crippen LogP contribution < -0.4 is 10.5 Å². The fourth-order valence-corrected chi connectivity index (χ4v) is 5.44. The number of carbonyl (C=O) groups excluding carboxylic acids is 2. The Morgan fingerprint density at radius 2 is 1.91 bits per heavy atom. The number of piperidine rings is 1. The lowest BCUT2D eigenvalue weighted by Gasteiger charge is -2.37. The third-order valence-electron chi connectivity index (χ3n) is 7.36. The summed E-state index contributed by atoms with van der Waals surface area (Å²) < 4.78 is 13.3. The van der Waals surface area contributed by atoms with E-state index in [1.807, 2.05) is 42.6 Å². The maximum Gasteiger partial charge on any atom is 0.410 e. The van der Waals surface area contributed by atoms with Gasteiger partial charge in [-0.05, 0) is 62.8 Å². The molecule has 8 heteroatoms. The van der Waals surface area contributed by atoms with Gasteiger partial charge in [0.2, 0.25) is 0 Å². The monoisotopic (exact) mass is 476 g/mol. The molecule has 2 aromatic heterocycles. The second-order valence-corrected chi connectivity index (χ2v) is 9.58. The second kappa shape index (κ2) is 9.60.